The van der Waals surface area contributed by atoms with E-state index in [1.54, 1.807) is 6.20 Å². The summed E-state index contributed by atoms with van der Waals surface area (Å²) in [5.41, 5.74) is 3.33. The molecule has 8 nitrogen and oxygen atoms in total. The predicted octanol–water partition coefficient (Wildman–Crippen LogP) is 1.39. The molecular formula is C19H23N7O. The maximum absolute atomic E-state index is 12.4. The van der Waals surface area contributed by atoms with Gasteiger partial charge in [-0.25, -0.2) is 15.0 Å². The standard InChI is InChI=1S/C19H23N7O/c1-13-3-4-14-15(9-13)25-17(24-14)11-23-19(27)16-10-22-18(12-21-16)26-7-2-5-20-6-8-26/h3-4,9-10,12,20H,2,5-8,11H2,1H3,(H,23,27)(H,24,25). The first-order chi connectivity index (χ1) is 13.2. The van der Waals surface area contributed by atoms with Crippen LogP contribution in [0.3, 0.4) is 0 Å². The number of aryl methyl sites for hydroxylation is 1. The molecule has 27 heavy (non-hydrogen) atoms. The molecule has 1 aliphatic rings. The van der Waals surface area contributed by atoms with Gasteiger partial charge in [-0.3, -0.25) is 4.79 Å². The number of rotatable bonds is 4. The lowest BCUT2D eigenvalue weighted by Gasteiger charge is -2.20. The predicted molar refractivity (Wildman–Crippen MR) is 104 cm³/mol. The minimum Gasteiger partial charge on any atom is -0.354 e. The summed E-state index contributed by atoms with van der Waals surface area (Å²) < 4.78 is 0. The molecule has 1 amide bonds. The molecule has 1 saturated heterocycles. The normalized spacial score (nSPS) is 14.9. The molecule has 1 aromatic carbocycles. The summed E-state index contributed by atoms with van der Waals surface area (Å²) in [6.45, 7) is 6.14. The van der Waals surface area contributed by atoms with E-state index in [0.717, 1.165) is 55.0 Å². The average Bonchev–Trinajstić information content (AvgIpc) is 2.89. The van der Waals surface area contributed by atoms with E-state index in [4.69, 9.17) is 0 Å². The first kappa shape index (κ1) is 17.4. The molecule has 4 rings (SSSR count). The Morgan fingerprint density at radius 2 is 2.15 bits per heavy atom. The van der Waals surface area contributed by atoms with Crippen LogP contribution >= 0.6 is 0 Å². The topological polar surface area (TPSA) is 98.8 Å². The van der Waals surface area contributed by atoms with Gasteiger partial charge >= 0.3 is 0 Å². The van der Waals surface area contributed by atoms with Crippen molar-refractivity contribution in [1.29, 1.82) is 0 Å². The zero-order valence-corrected chi connectivity index (χ0v) is 15.3. The summed E-state index contributed by atoms with van der Waals surface area (Å²) in [6.07, 6.45) is 4.27. The molecule has 0 bridgehead atoms. The Hall–Kier alpha value is -3.00. The van der Waals surface area contributed by atoms with Gasteiger partial charge in [0.2, 0.25) is 0 Å². The van der Waals surface area contributed by atoms with E-state index < -0.39 is 0 Å². The Labute approximate surface area is 157 Å². The Morgan fingerprint density at radius 3 is 3.00 bits per heavy atom. The first-order valence-electron chi connectivity index (χ1n) is 9.20. The number of aromatic amines is 1. The van der Waals surface area contributed by atoms with Crippen molar-refractivity contribution in [3.63, 3.8) is 0 Å². The first-order valence-corrected chi connectivity index (χ1v) is 9.20. The van der Waals surface area contributed by atoms with Crippen molar-refractivity contribution < 1.29 is 4.79 Å². The molecule has 1 aliphatic heterocycles. The van der Waals surface area contributed by atoms with E-state index in [1.807, 2.05) is 25.1 Å². The van der Waals surface area contributed by atoms with Crippen molar-refractivity contribution >= 4 is 22.8 Å². The number of nitrogens with one attached hydrogen (secondary N) is 3. The van der Waals surface area contributed by atoms with Crippen molar-refractivity contribution in [2.75, 3.05) is 31.1 Å². The number of hydrogen-bond donors (Lipinski definition) is 3. The Kier molecular flexibility index (Phi) is 4.97. The van der Waals surface area contributed by atoms with Crippen molar-refractivity contribution in [2.45, 2.75) is 19.9 Å². The highest BCUT2D eigenvalue weighted by molar-refractivity contribution is 5.92. The van der Waals surface area contributed by atoms with Crippen LogP contribution < -0.4 is 15.5 Å². The van der Waals surface area contributed by atoms with Crippen molar-refractivity contribution in [3.8, 4) is 0 Å². The summed E-state index contributed by atoms with van der Waals surface area (Å²) in [5, 5.41) is 6.20. The van der Waals surface area contributed by atoms with Gasteiger partial charge in [0.15, 0.2) is 0 Å². The van der Waals surface area contributed by atoms with Crippen LogP contribution in [0.15, 0.2) is 30.6 Å². The number of benzene rings is 1. The molecule has 1 fully saturated rings. The second-order valence-electron chi connectivity index (χ2n) is 6.74. The monoisotopic (exact) mass is 365 g/mol. The Bertz CT molecular complexity index is 927. The van der Waals surface area contributed by atoms with Crippen LogP contribution in [0.25, 0.3) is 11.0 Å². The quantitative estimate of drug-likeness (QED) is 0.646. The molecule has 0 spiro atoms. The highest BCUT2D eigenvalue weighted by atomic mass is 16.1. The van der Waals surface area contributed by atoms with E-state index in [0.29, 0.717) is 18.1 Å². The summed E-state index contributed by atoms with van der Waals surface area (Å²) in [4.78, 5) is 30.9. The van der Waals surface area contributed by atoms with E-state index >= 15 is 0 Å². The number of aromatic nitrogens is 4. The summed E-state index contributed by atoms with van der Waals surface area (Å²) in [6, 6.07) is 6.02. The van der Waals surface area contributed by atoms with Crippen LogP contribution in [0, 0.1) is 6.92 Å². The molecule has 0 unspecified atom stereocenters. The highest BCUT2D eigenvalue weighted by Gasteiger charge is 2.13. The van der Waals surface area contributed by atoms with Gasteiger partial charge in [-0.1, -0.05) is 6.07 Å². The maximum atomic E-state index is 12.4. The molecule has 0 atom stereocenters. The molecular weight excluding hydrogens is 342 g/mol. The number of fused-ring (bicyclic) bond motifs is 1. The molecule has 3 aromatic rings. The van der Waals surface area contributed by atoms with Gasteiger partial charge in [0, 0.05) is 19.6 Å². The number of carbonyl (C=O) groups is 1. The largest absolute Gasteiger partial charge is 0.354 e. The molecule has 8 heteroatoms. The molecule has 3 heterocycles. The lowest BCUT2D eigenvalue weighted by molar-refractivity contribution is 0.0944. The molecule has 140 valence electrons. The second kappa shape index (κ2) is 7.71. The SMILES string of the molecule is Cc1ccc2nc(CNC(=O)c3cnc(N4CCCNCC4)cn3)[nH]c2c1. The molecule has 0 radical (unpaired) electrons. The number of imidazole rings is 1. The average molecular weight is 365 g/mol. The fourth-order valence-electron chi connectivity index (χ4n) is 3.19. The molecule has 3 N–H and O–H groups in total. The molecule has 0 aliphatic carbocycles. The second-order valence-corrected chi connectivity index (χ2v) is 6.74. The third-order valence-corrected chi connectivity index (χ3v) is 4.64. The third kappa shape index (κ3) is 4.06. The maximum Gasteiger partial charge on any atom is 0.271 e. The summed E-state index contributed by atoms with van der Waals surface area (Å²) in [7, 11) is 0. The van der Waals surface area contributed by atoms with E-state index in [1.165, 1.54) is 6.20 Å². The van der Waals surface area contributed by atoms with Gasteiger partial charge in [0.05, 0.1) is 30.0 Å². The molecule has 0 saturated carbocycles. The Morgan fingerprint density at radius 1 is 1.22 bits per heavy atom. The van der Waals surface area contributed by atoms with E-state index in [9.17, 15) is 4.79 Å². The van der Waals surface area contributed by atoms with E-state index in [2.05, 4.69) is 35.5 Å². The van der Waals surface area contributed by atoms with Gasteiger partial charge in [-0.15, -0.1) is 0 Å². The minimum atomic E-state index is -0.261. The highest BCUT2D eigenvalue weighted by Crippen LogP contribution is 2.13. The van der Waals surface area contributed by atoms with Crippen molar-refractivity contribution in [1.82, 2.24) is 30.6 Å². The van der Waals surface area contributed by atoms with Crippen LogP contribution in [0.1, 0.15) is 28.3 Å². The molecule has 2 aromatic heterocycles. The van der Waals surface area contributed by atoms with Gasteiger partial charge in [0.1, 0.15) is 17.3 Å². The van der Waals surface area contributed by atoms with Crippen molar-refractivity contribution in [3.05, 3.63) is 47.7 Å². The lowest BCUT2D eigenvalue weighted by atomic mass is 10.2. The lowest BCUT2D eigenvalue weighted by Crippen LogP contribution is -2.29. The zero-order chi connectivity index (χ0) is 18.6. The van der Waals surface area contributed by atoms with Crippen LogP contribution in [0.4, 0.5) is 5.82 Å². The van der Waals surface area contributed by atoms with Gasteiger partial charge < -0.3 is 20.5 Å². The number of hydrogen-bond acceptors (Lipinski definition) is 6. The number of amides is 1. The smallest absolute Gasteiger partial charge is 0.271 e. The fraction of sp³-hybridized carbons (Fsp3) is 0.368. The van der Waals surface area contributed by atoms with Crippen LogP contribution in [-0.4, -0.2) is 52.0 Å². The summed E-state index contributed by atoms with van der Waals surface area (Å²) in [5.74, 6) is 1.26. The Balaban J connectivity index is 1.38. The van der Waals surface area contributed by atoms with Crippen LogP contribution in [-0.2, 0) is 6.54 Å². The van der Waals surface area contributed by atoms with Crippen molar-refractivity contribution in [2.24, 2.45) is 0 Å². The summed E-state index contributed by atoms with van der Waals surface area (Å²) >= 11 is 0. The third-order valence-electron chi connectivity index (χ3n) is 4.64. The number of nitrogens with zero attached hydrogens (tertiary/aromatic N) is 4. The van der Waals surface area contributed by atoms with Gasteiger partial charge in [-0.05, 0) is 37.6 Å². The minimum absolute atomic E-state index is 0.261. The number of carbonyl (C=O) groups excluding carboxylic acids is 1. The van der Waals surface area contributed by atoms with Gasteiger partial charge in [-0.2, -0.15) is 0 Å². The van der Waals surface area contributed by atoms with E-state index in [-0.39, 0.29) is 5.91 Å². The van der Waals surface area contributed by atoms with Crippen LogP contribution in [0.5, 0.6) is 0 Å². The number of anilines is 1. The zero-order valence-electron chi connectivity index (χ0n) is 15.3. The fourth-order valence-corrected chi connectivity index (χ4v) is 3.19. The number of H-pyrrole nitrogens is 1. The van der Waals surface area contributed by atoms with Crippen LogP contribution in [0.2, 0.25) is 0 Å². The van der Waals surface area contributed by atoms with Gasteiger partial charge in [0.25, 0.3) is 5.91 Å².